The molecule has 1 heterocycles. The highest BCUT2D eigenvalue weighted by Gasteiger charge is 1.97. The number of rotatable bonds is 0. The minimum absolute atomic E-state index is 0.329. The number of aliphatic imine (C=N–C) groups is 1. The van der Waals surface area contributed by atoms with Crippen LogP contribution in [0.1, 0.15) is 5.56 Å². The van der Waals surface area contributed by atoms with E-state index < -0.39 is 0 Å². The predicted molar refractivity (Wildman–Crippen MR) is 58.6 cm³/mol. The van der Waals surface area contributed by atoms with E-state index in [-0.39, 0.29) is 0 Å². The number of hydrogen-bond acceptors (Lipinski definition) is 3. The average Bonchev–Trinajstić information content (AvgIpc) is 2.63. The molecular weight excluding hydrogens is 200 g/mol. The molecule has 14 heavy (non-hydrogen) atoms. The quantitative estimate of drug-likeness (QED) is 0.715. The maximum atomic E-state index is 5.71. The lowest BCUT2D eigenvalue weighted by atomic mass is 10.2. The fraction of sp³-hybridized carbons (Fsp3) is 0.300. The second kappa shape index (κ2) is 5.50. The van der Waals surface area contributed by atoms with Crippen LogP contribution in [-0.2, 0) is 4.74 Å². The zero-order chi connectivity index (χ0) is 10.4. The molecule has 1 aliphatic rings. The highest BCUT2D eigenvalue weighted by Crippen LogP contribution is 2.11. The first-order valence-electron chi connectivity index (χ1n) is 4.34. The molecule has 0 saturated carbocycles. The number of benzene rings is 1. The average molecular weight is 213 g/mol. The molecule has 0 amide bonds. The van der Waals surface area contributed by atoms with Gasteiger partial charge in [0.05, 0.1) is 6.54 Å². The van der Waals surface area contributed by atoms with E-state index in [1.165, 1.54) is 0 Å². The molecule has 0 saturated heterocycles. The number of amidine groups is 1. The number of nitrogens with zero attached hydrogens (tertiary/aromatic N) is 1. The lowest BCUT2D eigenvalue weighted by molar-refractivity contribution is 0.342. The Balaban J connectivity index is 0.000000146. The smallest absolute Gasteiger partial charge is 0.282 e. The Morgan fingerprint density at radius 2 is 2.14 bits per heavy atom. The van der Waals surface area contributed by atoms with Crippen molar-refractivity contribution in [3.05, 3.63) is 34.9 Å². The lowest BCUT2D eigenvalue weighted by Crippen LogP contribution is -2.10. The SMILES string of the molecule is Cc1ccccc1Cl.NC1=NCCO1. The van der Waals surface area contributed by atoms with E-state index in [0.717, 1.165) is 17.1 Å². The Labute approximate surface area is 88.5 Å². The molecule has 1 aromatic rings. The summed E-state index contributed by atoms with van der Waals surface area (Å²) in [5.41, 5.74) is 6.20. The van der Waals surface area contributed by atoms with Crippen molar-refractivity contribution in [2.24, 2.45) is 10.7 Å². The van der Waals surface area contributed by atoms with E-state index in [1.807, 2.05) is 31.2 Å². The fourth-order valence-corrected chi connectivity index (χ4v) is 1.04. The van der Waals surface area contributed by atoms with E-state index in [4.69, 9.17) is 17.3 Å². The molecule has 0 atom stereocenters. The molecule has 0 unspecified atom stereocenters. The Kier molecular flexibility index (Phi) is 4.26. The number of aryl methyl sites for hydroxylation is 1. The van der Waals surface area contributed by atoms with Crippen LogP contribution >= 0.6 is 11.6 Å². The van der Waals surface area contributed by atoms with E-state index >= 15 is 0 Å². The molecule has 2 N–H and O–H groups in total. The number of hydrogen-bond donors (Lipinski definition) is 1. The van der Waals surface area contributed by atoms with Crippen molar-refractivity contribution in [1.82, 2.24) is 0 Å². The van der Waals surface area contributed by atoms with E-state index in [1.54, 1.807) is 0 Å². The van der Waals surface area contributed by atoms with Crippen molar-refractivity contribution >= 4 is 17.6 Å². The third kappa shape index (κ3) is 3.66. The van der Waals surface area contributed by atoms with Gasteiger partial charge in [-0.1, -0.05) is 29.8 Å². The zero-order valence-electron chi connectivity index (χ0n) is 8.03. The first-order valence-corrected chi connectivity index (χ1v) is 4.72. The molecule has 3 nitrogen and oxygen atoms in total. The van der Waals surface area contributed by atoms with Gasteiger partial charge in [0.25, 0.3) is 6.02 Å². The van der Waals surface area contributed by atoms with Crippen LogP contribution in [0.2, 0.25) is 5.02 Å². The largest absolute Gasteiger partial charge is 0.463 e. The van der Waals surface area contributed by atoms with Crippen LogP contribution in [0.3, 0.4) is 0 Å². The minimum atomic E-state index is 0.329. The highest BCUT2D eigenvalue weighted by atomic mass is 35.5. The standard InChI is InChI=1S/C7H7Cl.C3H6N2O/c1-6-4-2-3-5-7(6)8;4-3-5-1-2-6-3/h2-5H,1H3;1-2H2,(H2,4,5). The van der Waals surface area contributed by atoms with Crippen molar-refractivity contribution < 1.29 is 4.74 Å². The first kappa shape index (κ1) is 10.9. The molecule has 2 rings (SSSR count). The van der Waals surface area contributed by atoms with Crippen LogP contribution in [0.15, 0.2) is 29.3 Å². The second-order valence-corrected chi connectivity index (χ2v) is 3.22. The van der Waals surface area contributed by atoms with Gasteiger partial charge in [-0.2, -0.15) is 0 Å². The predicted octanol–water partition coefficient (Wildman–Crippen LogP) is 1.98. The summed E-state index contributed by atoms with van der Waals surface area (Å²) in [7, 11) is 0. The molecule has 0 spiro atoms. The molecule has 0 aromatic heterocycles. The van der Waals surface area contributed by atoms with Gasteiger partial charge in [0.15, 0.2) is 0 Å². The maximum Gasteiger partial charge on any atom is 0.282 e. The Morgan fingerprint density at radius 3 is 2.43 bits per heavy atom. The fourth-order valence-electron chi connectivity index (χ4n) is 0.903. The third-order valence-electron chi connectivity index (χ3n) is 1.69. The topological polar surface area (TPSA) is 47.6 Å². The Morgan fingerprint density at radius 1 is 1.43 bits per heavy atom. The van der Waals surface area contributed by atoms with Crippen molar-refractivity contribution in [1.29, 1.82) is 0 Å². The molecule has 4 heteroatoms. The monoisotopic (exact) mass is 212 g/mol. The minimum Gasteiger partial charge on any atom is -0.463 e. The molecule has 0 radical (unpaired) electrons. The van der Waals surface area contributed by atoms with Crippen molar-refractivity contribution in [3.8, 4) is 0 Å². The van der Waals surface area contributed by atoms with E-state index in [2.05, 4.69) is 9.73 Å². The van der Waals surface area contributed by atoms with Crippen molar-refractivity contribution in [3.63, 3.8) is 0 Å². The van der Waals surface area contributed by atoms with Crippen LogP contribution in [0, 0.1) is 6.92 Å². The number of nitrogens with two attached hydrogens (primary N) is 1. The van der Waals surface area contributed by atoms with Gasteiger partial charge in [-0.25, -0.2) is 4.99 Å². The zero-order valence-corrected chi connectivity index (χ0v) is 8.79. The molecular formula is C10H13ClN2O. The first-order chi connectivity index (χ1) is 6.70. The summed E-state index contributed by atoms with van der Waals surface area (Å²) < 4.78 is 4.68. The van der Waals surface area contributed by atoms with Gasteiger partial charge < -0.3 is 10.5 Å². The van der Waals surface area contributed by atoms with E-state index in [0.29, 0.717) is 12.6 Å². The van der Waals surface area contributed by atoms with Crippen LogP contribution in [-0.4, -0.2) is 19.2 Å². The molecule has 76 valence electrons. The molecule has 0 bridgehead atoms. The number of halogens is 1. The van der Waals surface area contributed by atoms with Crippen molar-refractivity contribution in [2.75, 3.05) is 13.2 Å². The molecule has 1 aromatic carbocycles. The van der Waals surface area contributed by atoms with Gasteiger partial charge in [0.2, 0.25) is 0 Å². The second-order valence-electron chi connectivity index (χ2n) is 2.82. The summed E-state index contributed by atoms with van der Waals surface area (Å²) in [5.74, 6) is 0. The Bertz CT molecular complexity index is 305. The molecule has 1 aliphatic heterocycles. The van der Waals surface area contributed by atoms with Crippen LogP contribution in [0.5, 0.6) is 0 Å². The van der Waals surface area contributed by atoms with Gasteiger partial charge in [-0.15, -0.1) is 0 Å². The van der Waals surface area contributed by atoms with Crippen LogP contribution in [0.4, 0.5) is 0 Å². The highest BCUT2D eigenvalue weighted by molar-refractivity contribution is 6.31. The van der Waals surface area contributed by atoms with Gasteiger partial charge in [0.1, 0.15) is 6.61 Å². The lowest BCUT2D eigenvalue weighted by Gasteiger charge is -1.90. The van der Waals surface area contributed by atoms with Crippen LogP contribution < -0.4 is 5.73 Å². The molecule has 0 aliphatic carbocycles. The van der Waals surface area contributed by atoms with Crippen molar-refractivity contribution in [2.45, 2.75) is 6.92 Å². The Hall–Kier alpha value is -1.22. The summed E-state index contributed by atoms with van der Waals surface area (Å²) in [6, 6.07) is 8.10. The summed E-state index contributed by atoms with van der Waals surface area (Å²) in [4.78, 5) is 3.71. The summed E-state index contributed by atoms with van der Waals surface area (Å²) in [6.07, 6.45) is 0. The summed E-state index contributed by atoms with van der Waals surface area (Å²) >= 11 is 5.71. The molecule has 0 fully saturated rings. The normalized spacial score (nSPS) is 13.7. The number of ether oxygens (including phenoxy) is 1. The van der Waals surface area contributed by atoms with Gasteiger partial charge in [-0.05, 0) is 18.6 Å². The summed E-state index contributed by atoms with van der Waals surface area (Å²) in [5, 5.41) is 0.840. The van der Waals surface area contributed by atoms with Crippen LogP contribution in [0.25, 0.3) is 0 Å². The van der Waals surface area contributed by atoms with Gasteiger partial charge >= 0.3 is 0 Å². The summed E-state index contributed by atoms with van der Waals surface area (Å²) in [6.45, 7) is 3.38. The van der Waals surface area contributed by atoms with Gasteiger partial charge in [0, 0.05) is 5.02 Å². The van der Waals surface area contributed by atoms with E-state index in [9.17, 15) is 0 Å². The maximum absolute atomic E-state index is 5.71. The van der Waals surface area contributed by atoms with Gasteiger partial charge in [-0.3, -0.25) is 0 Å². The third-order valence-corrected chi connectivity index (χ3v) is 2.11.